The molecule has 2 nitrogen and oxygen atoms in total. The van der Waals surface area contributed by atoms with Gasteiger partial charge in [0, 0.05) is 12.0 Å². The van der Waals surface area contributed by atoms with Gasteiger partial charge < -0.3 is 5.32 Å². The van der Waals surface area contributed by atoms with Crippen LogP contribution in [0.3, 0.4) is 0 Å². The molecule has 0 bridgehead atoms. The average Bonchev–Trinajstić information content (AvgIpc) is 2.51. The van der Waals surface area contributed by atoms with E-state index in [2.05, 4.69) is 19.2 Å². The number of carbonyl (C=O) groups is 1. The molecule has 1 aliphatic heterocycles. The van der Waals surface area contributed by atoms with Crippen LogP contribution in [-0.4, -0.2) is 11.4 Å². The van der Waals surface area contributed by atoms with E-state index in [1.54, 1.807) is 0 Å². The summed E-state index contributed by atoms with van der Waals surface area (Å²) < 4.78 is 0. The molecule has 2 rings (SSSR count). The predicted molar refractivity (Wildman–Crippen MR) is 70.8 cm³/mol. The molecule has 1 N–H and O–H groups in total. The van der Waals surface area contributed by atoms with E-state index in [1.807, 2.05) is 0 Å². The smallest absolute Gasteiger partial charge is 0.220 e. The highest BCUT2D eigenvalue weighted by molar-refractivity contribution is 5.79. The standard InChI is InChI=1S/C15H27NO/c1-12(2)15(10-9-14(17)16-15)11-13-7-5-3-4-6-8-13/h12-13H,3-11H2,1-2H3,(H,16,17). The Balaban J connectivity index is 1.99. The largest absolute Gasteiger partial charge is 0.350 e. The van der Waals surface area contributed by atoms with Crippen LogP contribution in [0.25, 0.3) is 0 Å². The second kappa shape index (κ2) is 5.41. The number of rotatable bonds is 3. The first-order valence-electron chi connectivity index (χ1n) is 7.43. The van der Waals surface area contributed by atoms with E-state index in [4.69, 9.17) is 0 Å². The summed E-state index contributed by atoms with van der Waals surface area (Å²) in [4.78, 5) is 11.6. The summed E-state index contributed by atoms with van der Waals surface area (Å²) in [6, 6.07) is 0. The van der Waals surface area contributed by atoms with E-state index in [-0.39, 0.29) is 11.4 Å². The Morgan fingerprint density at radius 2 is 1.88 bits per heavy atom. The van der Waals surface area contributed by atoms with Gasteiger partial charge in [-0.2, -0.15) is 0 Å². The van der Waals surface area contributed by atoms with E-state index in [0.717, 1.165) is 18.8 Å². The van der Waals surface area contributed by atoms with Crippen molar-refractivity contribution >= 4 is 5.91 Å². The van der Waals surface area contributed by atoms with E-state index in [9.17, 15) is 4.79 Å². The Morgan fingerprint density at radius 3 is 2.35 bits per heavy atom. The SMILES string of the molecule is CC(C)C1(CC2CCCCCC2)CCC(=O)N1. The fourth-order valence-electron chi connectivity index (χ4n) is 3.64. The van der Waals surface area contributed by atoms with Gasteiger partial charge in [0.05, 0.1) is 0 Å². The van der Waals surface area contributed by atoms with Gasteiger partial charge in [-0.15, -0.1) is 0 Å². The lowest BCUT2D eigenvalue weighted by Crippen LogP contribution is -2.47. The van der Waals surface area contributed by atoms with Crippen molar-refractivity contribution in [2.45, 2.75) is 77.2 Å². The highest BCUT2D eigenvalue weighted by atomic mass is 16.2. The molecule has 1 heterocycles. The third-order valence-corrected chi connectivity index (χ3v) is 4.92. The Morgan fingerprint density at radius 1 is 1.24 bits per heavy atom. The molecule has 0 spiro atoms. The zero-order valence-electron chi connectivity index (χ0n) is 11.4. The molecular formula is C15H27NO. The van der Waals surface area contributed by atoms with E-state index >= 15 is 0 Å². The van der Waals surface area contributed by atoms with Crippen molar-refractivity contribution in [1.82, 2.24) is 5.32 Å². The van der Waals surface area contributed by atoms with Crippen LogP contribution in [-0.2, 0) is 4.79 Å². The lowest BCUT2D eigenvalue weighted by molar-refractivity contribution is -0.120. The molecule has 0 aromatic carbocycles. The Kier molecular flexibility index (Phi) is 4.11. The quantitative estimate of drug-likeness (QED) is 0.746. The Hall–Kier alpha value is -0.530. The van der Waals surface area contributed by atoms with Crippen molar-refractivity contribution in [3.63, 3.8) is 0 Å². The summed E-state index contributed by atoms with van der Waals surface area (Å²) in [7, 11) is 0. The molecular weight excluding hydrogens is 210 g/mol. The third kappa shape index (κ3) is 3.02. The number of amides is 1. The molecule has 0 aromatic heterocycles. The highest BCUT2D eigenvalue weighted by Gasteiger charge is 2.41. The van der Waals surface area contributed by atoms with Crippen LogP contribution < -0.4 is 5.32 Å². The van der Waals surface area contributed by atoms with Gasteiger partial charge in [-0.25, -0.2) is 0 Å². The molecule has 2 aliphatic rings. The molecule has 1 aliphatic carbocycles. The van der Waals surface area contributed by atoms with E-state index in [1.165, 1.54) is 44.9 Å². The third-order valence-electron chi connectivity index (χ3n) is 4.92. The molecule has 2 heteroatoms. The summed E-state index contributed by atoms with van der Waals surface area (Å²) in [5.74, 6) is 1.68. The number of carbonyl (C=O) groups excluding carboxylic acids is 1. The van der Waals surface area contributed by atoms with Crippen LogP contribution in [0.15, 0.2) is 0 Å². The lowest BCUT2D eigenvalue weighted by Gasteiger charge is -2.36. The second-order valence-electron chi connectivity index (χ2n) is 6.42. The summed E-state index contributed by atoms with van der Waals surface area (Å²) >= 11 is 0. The predicted octanol–water partition coefficient (Wildman–Crippen LogP) is 3.65. The zero-order chi connectivity index (χ0) is 12.3. The van der Waals surface area contributed by atoms with Crippen LogP contribution in [0.5, 0.6) is 0 Å². The maximum Gasteiger partial charge on any atom is 0.220 e. The maximum atomic E-state index is 11.6. The Bertz CT molecular complexity index is 266. The first-order valence-corrected chi connectivity index (χ1v) is 7.43. The average molecular weight is 237 g/mol. The fraction of sp³-hybridized carbons (Fsp3) is 0.933. The van der Waals surface area contributed by atoms with Gasteiger partial charge >= 0.3 is 0 Å². The normalized spacial score (nSPS) is 31.6. The van der Waals surface area contributed by atoms with E-state index in [0.29, 0.717) is 5.92 Å². The molecule has 98 valence electrons. The lowest BCUT2D eigenvalue weighted by atomic mass is 9.76. The van der Waals surface area contributed by atoms with Gasteiger partial charge in [-0.3, -0.25) is 4.79 Å². The molecule has 2 fully saturated rings. The highest BCUT2D eigenvalue weighted by Crippen LogP contribution is 2.38. The van der Waals surface area contributed by atoms with Gasteiger partial charge in [0.1, 0.15) is 0 Å². The zero-order valence-corrected chi connectivity index (χ0v) is 11.4. The summed E-state index contributed by atoms with van der Waals surface area (Å²) in [5.41, 5.74) is 0.117. The summed E-state index contributed by atoms with van der Waals surface area (Å²) in [6.45, 7) is 4.53. The molecule has 1 atom stereocenters. The van der Waals surface area contributed by atoms with Crippen LogP contribution in [0.1, 0.15) is 71.6 Å². The maximum absolute atomic E-state index is 11.6. The molecule has 17 heavy (non-hydrogen) atoms. The van der Waals surface area contributed by atoms with Crippen molar-refractivity contribution in [3.8, 4) is 0 Å². The summed E-state index contributed by atoms with van der Waals surface area (Å²) in [6.07, 6.45) is 11.4. The molecule has 1 amide bonds. The molecule has 1 saturated heterocycles. The van der Waals surface area contributed by atoms with Crippen LogP contribution in [0, 0.1) is 11.8 Å². The van der Waals surface area contributed by atoms with Crippen molar-refractivity contribution in [2.75, 3.05) is 0 Å². The number of hydrogen-bond donors (Lipinski definition) is 1. The van der Waals surface area contributed by atoms with Crippen molar-refractivity contribution in [3.05, 3.63) is 0 Å². The van der Waals surface area contributed by atoms with E-state index < -0.39 is 0 Å². The van der Waals surface area contributed by atoms with Gasteiger partial charge in [0.15, 0.2) is 0 Å². The minimum Gasteiger partial charge on any atom is -0.350 e. The number of hydrogen-bond acceptors (Lipinski definition) is 1. The first kappa shape index (κ1) is 12.9. The monoisotopic (exact) mass is 237 g/mol. The van der Waals surface area contributed by atoms with Gasteiger partial charge in [-0.05, 0) is 24.7 Å². The van der Waals surface area contributed by atoms with Crippen molar-refractivity contribution in [2.24, 2.45) is 11.8 Å². The molecule has 0 aromatic rings. The van der Waals surface area contributed by atoms with Gasteiger partial charge in [-0.1, -0.05) is 52.4 Å². The molecule has 0 radical (unpaired) electrons. The topological polar surface area (TPSA) is 29.1 Å². The minimum atomic E-state index is 0.117. The van der Waals surface area contributed by atoms with Crippen molar-refractivity contribution < 1.29 is 4.79 Å². The van der Waals surface area contributed by atoms with Crippen LogP contribution >= 0.6 is 0 Å². The van der Waals surface area contributed by atoms with Crippen molar-refractivity contribution in [1.29, 1.82) is 0 Å². The second-order valence-corrected chi connectivity index (χ2v) is 6.42. The molecule has 1 unspecified atom stereocenters. The number of nitrogens with one attached hydrogen (secondary N) is 1. The summed E-state index contributed by atoms with van der Waals surface area (Å²) in [5, 5.41) is 3.30. The van der Waals surface area contributed by atoms with Gasteiger partial charge in [0.25, 0.3) is 0 Å². The fourth-order valence-corrected chi connectivity index (χ4v) is 3.64. The minimum absolute atomic E-state index is 0.117. The first-order chi connectivity index (χ1) is 8.12. The van der Waals surface area contributed by atoms with Crippen LogP contribution in [0.2, 0.25) is 0 Å². The Labute approximate surface area is 106 Å². The molecule has 1 saturated carbocycles. The van der Waals surface area contributed by atoms with Crippen LogP contribution in [0.4, 0.5) is 0 Å². The van der Waals surface area contributed by atoms with Gasteiger partial charge in [0.2, 0.25) is 5.91 Å².